The fourth-order valence-corrected chi connectivity index (χ4v) is 3.79. The summed E-state index contributed by atoms with van der Waals surface area (Å²) in [6, 6.07) is 0. The maximum atomic E-state index is 11.8. The number of ether oxygens (including phenoxy) is 1. The zero-order chi connectivity index (χ0) is 14.9. The predicted molar refractivity (Wildman–Crippen MR) is 83.8 cm³/mol. The van der Waals surface area contributed by atoms with Gasteiger partial charge < -0.3 is 20.7 Å². The van der Waals surface area contributed by atoms with E-state index in [-0.39, 0.29) is 5.91 Å². The summed E-state index contributed by atoms with van der Waals surface area (Å²) in [4.78, 5) is 14.7. The molecule has 1 saturated heterocycles. The molecule has 2 heterocycles. The predicted octanol–water partition coefficient (Wildman–Crippen LogP) is 2.18. The summed E-state index contributed by atoms with van der Waals surface area (Å²) in [5.41, 5.74) is 6.50. The fraction of sp³-hybridized carbons (Fsp3) is 0.643. The number of amides is 1. The number of nitrogens with two attached hydrogens (primary N) is 1. The average Bonchev–Trinajstić information content (AvgIpc) is 3.02. The molecule has 20 heavy (non-hydrogen) atoms. The number of carbonyl (C=O) groups excluding carboxylic acids is 1. The van der Waals surface area contributed by atoms with E-state index >= 15 is 0 Å². The molecule has 0 spiro atoms. The Kier molecular flexibility index (Phi) is 4.42. The van der Waals surface area contributed by atoms with Crippen LogP contribution in [0.2, 0.25) is 0 Å². The van der Waals surface area contributed by atoms with Crippen LogP contribution in [-0.2, 0) is 0 Å². The molecule has 1 amide bonds. The van der Waals surface area contributed by atoms with Gasteiger partial charge in [0.25, 0.3) is 5.91 Å². The summed E-state index contributed by atoms with van der Waals surface area (Å²) in [6.45, 7) is 6.50. The molecule has 3 N–H and O–H groups in total. The van der Waals surface area contributed by atoms with Crippen molar-refractivity contribution in [3.63, 3.8) is 0 Å². The van der Waals surface area contributed by atoms with Crippen molar-refractivity contribution in [3.8, 4) is 5.75 Å². The SMILES string of the molecule is CNC(=O)c1sc(N2CCC(C(C)C)C2)c(OC)c1N. The normalized spacial score (nSPS) is 18.6. The summed E-state index contributed by atoms with van der Waals surface area (Å²) >= 11 is 1.42. The highest BCUT2D eigenvalue weighted by Crippen LogP contribution is 2.46. The van der Waals surface area contributed by atoms with Gasteiger partial charge in [0.15, 0.2) is 5.75 Å². The van der Waals surface area contributed by atoms with E-state index in [0.717, 1.165) is 18.1 Å². The molecule has 0 radical (unpaired) electrons. The van der Waals surface area contributed by atoms with Crippen molar-refractivity contribution in [2.24, 2.45) is 11.8 Å². The zero-order valence-electron chi connectivity index (χ0n) is 12.5. The Morgan fingerprint density at radius 1 is 1.55 bits per heavy atom. The van der Waals surface area contributed by atoms with Gasteiger partial charge in [-0.1, -0.05) is 13.8 Å². The molecule has 0 saturated carbocycles. The van der Waals surface area contributed by atoms with Gasteiger partial charge in [0, 0.05) is 20.1 Å². The minimum Gasteiger partial charge on any atom is -0.492 e. The van der Waals surface area contributed by atoms with E-state index in [0.29, 0.717) is 28.1 Å². The van der Waals surface area contributed by atoms with Crippen molar-refractivity contribution in [1.29, 1.82) is 0 Å². The van der Waals surface area contributed by atoms with Crippen LogP contribution in [0.15, 0.2) is 0 Å². The van der Waals surface area contributed by atoms with Gasteiger partial charge in [0.1, 0.15) is 15.6 Å². The molecule has 2 rings (SSSR count). The second-order valence-corrected chi connectivity index (χ2v) is 6.50. The third kappa shape index (κ3) is 2.57. The molecule has 1 unspecified atom stereocenters. The lowest BCUT2D eigenvalue weighted by molar-refractivity contribution is 0.0967. The van der Waals surface area contributed by atoms with Gasteiger partial charge >= 0.3 is 0 Å². The van der Waals surface area contributed by atoms with E-state index in [4.69, 9.17) is 10.5 Å². The van der Waals surface area contributed by atoms with Crippen molar-refractivity contribution in [2.45, 2.75) is 20.3 Å². The van der Waals surface area contributed by atoms with Crippen LogP contribution in [0.5, 0.6) is 5.75 Å². The van der Waals surface area contributed by atoms with E-state index in [2.05, 4.69) is 24.1 Å². The summed E-state index contributed by atoms with van der Waals surface area (Å²) in [5.74, 6) is 1.84. The minimum absolute atomic E-state index is 0.156. The molecule has 112 valence electrons. The minimum atomic E-state index is -0.156. The number of rotatable bonds is 4. The molecule has 1 aliphatic rings. The van der Waals surface area contributed by atoms with Crippen molar-refractivity contribution in [2.75, 3.05) is 37.9 Å². The number of hydrogen-bond donors (Lipinski definition) is 2. The number of nitrogens with one attached hydrogen (secondary N) is 1. The Balaban J connectivity index is 2.30. The molecule has 1 aliphatic heterocycles. The van der Waals surface area contributed by atoms with Crippen molar-refractivity contribution >= 4 is 27.9 Å². The maximum Gasteiger partial charge on any atom is 0.263 e. The molecule has 5 nitrogen and oxygen atoms in total. The average molecular weight is 297 g/mol. The lowest BCUT2D eigenvalue weighted by Crippen LogP contribution is -2.20. The molecule has 0 bridgehead atoms. The number of nitrogen functional groups attached to an aromatic ring is 1. The monoisotopic (exact) mass is 297 g/mol. The van der Waals surface area contributed by atoms with Gasteiger partial charge in [-0.2, -0.15) is 0 Å². The largest absolute Gasteiger partial charge is 0.492 e. The van der Waals surface area contributed by atoms with E-state index in [1.165, 1.54) is 17.8 Å². The molecular weight excluding hydrogens is 274 g/mol. The van der Waals surface area contributed by atoms with Crippen LogP contribution in [0.3, 0.4) is 0 Å². The van der Waals surface area contributed by atoms with Gasteiger partial charge in [-0.15, -0.1) is 11.3 Å². The van der Waals surface area contributed by atoms with Gasteiger partial charge in [-0.3, -0.25) is 4.79 Å². The van der Waals surface area contributed by atoms with Crippen LogP contribution in [0.1, 0.15) is 29.9 Å². The quantitative estimate of drug-likeness (QED) is 0.894. The van der Waals surface area contributed by atoms with Crippen LogP contribution in [0, 0.1) is 11.8 Å². The van der Waals surface area contributed by atoms with Gasteiger partial charge in [0.05, 0.1) is 7.11 Å². The highest BCUT2D eigenvalue weighted by atomic mass is 32.1. The summed E-state index contributed by atoms with van der Waals surface area (Å²) in [7, 11) is 3.21. The smallest absolute Gasteiger partial charge is 0.263 e. The Morgan fingerprint density at radius 3 is 2.75 bits per heavy atom. The molecule has 1 aromatic rings. The Bertz CT molecular complexity index is 499. The van der Waals surface area contributed by atoms with Crippen LogP contribution < -0.4 is 20.7 Å². The van der Waals surface area contributed by atoms with E-state index in [1.807, 2.05) is 0 Å². The number of thiophene rings is 1. The standard InChI is InChI=1S/C14H23N3O2S/c1-8(2)9-5-6-17(7-9)14-11(19-4)10(15)12(20-14)13(18)16-3/h8-9H,5-7,15H2,1-4H3,(H,16,18). The highest BCUT2D eigenvalue weighted by Gasteiger charge is 2.30. The first-order valence-electron chi connectivity index (χ1n) is 6.92. The molecule has 1 aromatic heterocycles. The molecule has 1 atom stereocenters. The molecular formula is C14H23N3O2S. The number of nitrogens with zero attached hydrogens (tertiary/aromatic N) is 1. The Labute approximate surface area is 124 Å². The summed E-state index contributed by atoms with van der Waals surface area (Å²) in [5, 5.41) is 3.60. The molecule has 1 fully saturated rings. The molecule has 0 aromatic carbocycles. The third-order valence-electron chi connectivity index (χ3n) is 3.97. The number of anilines is 2. The van der Waals surface area contributed by atoms with Crippen LogP contribution >= 0.6 is 11.3 Å². The number of hydrogen-bond acceptors (Lipinski definition) is 5. The van der Waals surface area contributed by atoms with Crippen molar-refractivity contribution in [1.82, 2.24) is 5.32 Å². The topological polar surface area (TPSA) is 67.6 Å². The summed E-state index contributed by atoms with van der Waals surface area (Å²) in [6.07, 6.45) is 1.17. The van der Waals surface area contributed by atoms with E-state index in [1.54, 1.807) is 14.2 Å². The first-order valence-corrected chi connectivity index (χ1v) is 7.74. The molecule has 0 aliphatic carbocycles. The highest BCUT2D eigenvalue weighted by molar-refractivity contribution is 7.19. The van der Waals surface area contributed by atoms with Gasteiger partial charge in [-0.25, -0.2) is 0 Å². The van der Waals surface area contributed by atoms with E-state index in [9.17, 15) is 4.79 Å². The van der Waals surface area contributed by atoms with Crippen molar-refractivity contribution in [3.05, 3.63) is 4.88 Å². The zero-order valence-corrected chi connectivity index (χ0v) is 13.3. The first-order chi connectivity index (χ1) is 9.49. The van der Waals surface area contributed by atoms with E-state index < -0.39 is 0 Å². The fourth-order valence-electron chi connectivity index (χ4n) is 2.62. The summed E-state index contributed by atoms with van der Waals surface area (Å²) < 4.78 is 5.42. The van der Waals surface area contributed by atoms with Gasteiger partial charge in [0.2, 0.25) is 0 Å². The second-order valence-electron chi connectivity index (χ2n) is 5.50. The Morgan fingerprint density at radius 2 is 2.25 bits per heavy atom. The van der Waals surface area contributed by atoms with Crippen LogP contribution in [-0.4, -0.2) is 33.2 Å². The number of methoxy groups -OCH3 is 1. The molecule has 6 heteroatoms. The lowest BCUT2D eigenvalue weighted by Gasteiger charge is -2.19. The number of carbonyl (C=O) groups is 1. The maximum absolute atomic E-state index is 11.8. The van der Waals surface area contributed by atoms with Crippen LogP contribution in [0.4, 0.5) is 10.7 Å². The second kappa shape index (κ2) is 5.91. The van der Waals surface area contributed by atoms with Gasteiger partial charge in [-0.05, 0) is 18.3 Å². The Hall–Kier alpha value is -1.43. The van der Waals surface area contributed by atoms with Crippen LogP contribution in [0.25, 0.3) is 0 Å². The van der Waals surface area contributed by atoms with Crippen molar-refractivity contribution < 1.29 is 9.53 Å². The third-order valence-corrected chi connectivity index (χ3v) is 5.22. The first kappa shape index (κ1) is 15.0. The lowest BCUT2D eigenvalue weighted by atomic mass is 9.95.